The maximum absolute atomic E-state index is 7.75. The minimum absolute atomic E-state index is 0.201. The van der Waals surface area contributed by atoms with Gasteiger partial charge in [-0.15, -0.1) is 0 Å². The Balaban J connectivity index is 2.08. The Morgan fingerprint density at radius 1 is 0.941 bits per heavy atom. The van der Waals surface area contributed by atoms with Crippen LogP contribution in [0.1, 0.15) is 37.2 Å². The topological polar surface area (TPSA) is 23.8 Å². The van der Waals surface area contributed by atoms with Crippen molar-refractivity contribution in [3.05, 3.63) is 29.8 Å². The molecule has 17 heavy (non-hydrogen) atoms. The summed E-state index contributed by atoms with van der Waals surface area (Å²) in [7, 11) is -1.15. The largest absolute Gasteiger partial charge is 0.255 e. The minimum atomic E-state index is -1.15. The normalized spacial score (nSPS) is 25.9. The first-order valence-electron chi connectivity index (χ1n) is 6.78. The molecule has 0 atom stereocenters. The van der Waals surface area contributed by atoms with Crippen LogP contribution in [0.15, 0.2) is 24.3 Å². The predicted molar refractivity (Wildman–Crippen MR) is 77.5 cm³/mol. The molecule has 0 heterocycles. The fourth-order valence-corrected chi connectivity index (χ4v) is 3.85. The van der Waals surface area contributed by atoms with Gasteiger partial charge in [0, 0.05) is 6.04 Å². The number of rotatable bonds is 2. The van der Waals surface area contributed by atoms with Gasteiger partial charge in [-0.1, -0.05) is 49.1 Å². The highest BCUT2D eigenvalue weighted by atomic mass is 28.3. The minimum Gasteiger partial charge on any atom is -0.255 e. The van der Waals surface area contributed by atoms with E-state index in [4.69, 9.17) is 5.73 Å². The summed E-state index contributed by atoms with van der Waals surface area (Å²) >= 11 is 0. The monoisotopic (exact) mass is 246 g/mol. The molecule has 1 radical (unpaired) electrons. The lowest BCUT2D eigenvalue weighted by Crippen LogP contribution is -2.37. The molecule has 1 nitrogen and oxygen atoms in total. The lowest BCUT2D eigenvalue weighted by molar-refractivity contribution is 0.388. The number of hydrogen-bond acceptors (Lipinski definition) is 0. The highest BCUT2D eigenvalue weighted by Crippen LogP contribution is 2.32. The van der Waals surface area contributed by atoms with Crippen molar-refractivity contribution in [2.24, 2.45) is 0 Å². The van der Waals surface area contributed by atoms with Gasteiger partial charge < -0.3 is 0 Å². The molecule has 0 aromatic heterocycles. The Bertz CT molecular complexity index is 356. The van der Waals surface area contributed by atoms with Crippen LogP contribution in [0.2, 0.25) is 19.6 Å². The van der Waals surface area contributed by atoms with Crippen LogP contribution in [0, 0.1) is 0 Å². The van der Waals surface area contributed by atoms with E-state index >= 15 is 0 Å². The first-order chi connectivity index (χ1) is 7.97. The maximum Gasteiger partial charge on any atom is 0.0775 e. The fourth-order valence-electron chi connectivity index (χ4n) is 2.68. The lowest BCUT2D eigenvalue weighted by atomic mass is 9.82. The highest BCUT2D eigenvalue weighted by molar-refractivity contribution is 6.88. The molecule has 1 aliphatic carbocycles. The molecule has 0 unspecified atom stereocenters. The van der Waals surface area contributed by atoms with Crippen molar-refractivity contribution in [2.75, 3.05) is 0 Å². The standard InChI is InChI=1S/C15H24NSi/c1-17(2,3)15-10-6-13(7-11-15)12-4-8-14(16)9-5-12/h6-7,10-12,14,16H,4-5,8-9H2,1-3H3/t12-,14+. The maximum atomic E-state index is 7.75. The summed E-state index contributed by atoms with van der Waals surface area (Å²) in [6.07, 6.45) is 4.59. The first kappa shape index (κ1) is 12.8. The molecule has 1 aliphatic rings. The van der Waals surface area contributed by atoms with Gasteiger partial charge in [-0.25, -0.2) is 0 Å². The fraction of sp³-hybridized carbons (Fsp3) is 0.600. The van der Waals surface area contributed by atoms with E-state index in [9.17, 15) is 0 Å². The summed E-state index contributed by atoms with van der Waals surface area (Å²) in [6, 6.07) is 9.56. The van der Waals surface area contributed by atoms with E-state index in [1.807, 2.05) is 0 Å². The number of hydrogen-bond donors (Lipinski definition) is 0. The lowest BCUT2D eigenvalue weighted by Gasteiger charge is -2.26. The summed E-state index contributed by atoms with van der Waals surface area (Å²) < 4.78 is 0. The second-order valence-electron chi connectivity index (χ2n) is 6.42. The van der Waals surface area contributed by atoms with Gasteiger partial charge in [-0.05, 0) is 37.2 Å². The van der Waals surface area contributed by atoms with Crippen LogP contribution in [-0.2, 0) is 0 Å². The third-order valence-corrected chi connectivity index (χ3v) is 6.04. The molecule has 0 amide bonds. The zero-order chi connectivity index (χ0) is 12.5. The van der Waals surface area contributed by atoms with Crippen LogP contribution in [0.3, 0.4) is 0 Å². The van der Waals surface area contributed by atoms with Crippen molar-refractivity contribution in [3.63, 3.8) is 0 Å². The number of nitrogens with one attached hydrogen (secondary N) is 1. The van der Waals surface area contributed by atoms with Crippen LogP contribution >= 0.6 is 0 Å². The van der Waals surface area contributed by atoms with Crippen molar-refractivity contribution >= 4 is 13.3 Å². The van der Waals surface area contributed by atoms with E-state index in [-0.39, 0.29) is 6.04 Å². The van der Waals surface area contributed by atoms with Crippen molar-refractivity contribution in [2.45, 2.75) is 57.3 Å². The zero-order valence-corrected chi connectivity index (χ0v) is 12.3. The molecular formula is C15H24NSi. The van der Waals surface area contributed by atoms with Crippen LogP contribution in [0.25, 0.3) is 0 Å². The molecule has 1 aromatic rings. The van der Waals surface area contributed by atoms with E-state index in [0.717, 1.165) is 12.8 Å². The first-order valence-corrected chi connectivity index (χ1v) is 10.3. The SMILES string of the molecule is C[Si](C)(C)c1ccc([C@H]2CC[C@@H]([NH])CC2)cc1. The Labute approximate surface area is 106 Å². The number of benzene rings is 1. The summed E-state index contributed by atoms with van der Waals surface area (Å²) in [5.41, 5.74) is 9.24. The van der Waals surface area contributed by atoms with Crippen LogP contribution in [-0.4, -0.2) is 14.1 Å². The van der Waals surface area contributed by atoms with Gasteiger partial charge in [0.15, 0.2) is 0 Å². The molecule has 93 valence electrons. The molecule has 2 rings (SSSR count). The van der Waals surface area contributed by atoms with Gasteiger partial charge >= 0.3 is 0 Å². The summed E-state index contributed by atoms with van der Waals surface area (Å²) in [5, 5.41) is 1.55. The average Bonchev–Trinajstić information content (AvgIpc) is 2.29. The van der Waals surface area contributed by atoms with Gasteiger partial charge in [-0.3, -0.25) is 5.73 Å². The third-order valence-electron chi connectivity index (χ3n) is 3.98. The molecular weight excluding hydrogens is 222 g/mol. The average molecular weight is 246 g/mol. The molecule has 0 spiro atoms. The van der Waals surface area contributed by atoms with E-state index in [1.165, 1.54) is 18.4 Å². The highest BCUT2D eigenvalue weighted by Gasteiger charge is 2.21. The summed E-state index contributed by atoms with van der Waals surface area (Å²) in [6.45, 7) is 7.19. The summed E-state index contributed by atoms with van der Waals surface area (Å²) in [4.78, 5) is 0. The van der Waals surface area contributed by atoms with Crippen LogP contribution in [0.5, 0.6) is 0 Å². The second-order valence-corrected chi connectivity index (χ2v) is 11.5. The predicted octanol–water partition coefficient (Wildman–Crippen LogP) is 3.54. The van der Waals surface area contributed by atoms with Crippen molar-refractivity contribution in [3.8, 4) is 0 Å². The Morgan fingerprint density at radius 2 is 1.47 bits per heavy atom. The molecule has 0 aliphatic heterocycles. The molecule has 0 bridgehead atoms. The third kappa shape index (κ3) is 3.20. The molecule has 1 fully saturated rings. The molecule has 1 aromatic carbocycles. The Kier molecular flexibility index (Phi) is 3.74. The molecule has 1 saturated carbocycles. The van der Waals surface area contributed by atoms with E-state index < -0.39 is 8.07 Å². The van der Waals surface area contributed by atoms with Gasteiger partial charge in [-0.2, -0.15) is 0 Å². The van der Waals surface area contributed by atoms with Crippen molar-refractivity contribution in [1.29, 1.82) is 0 Å². The van der Waals surface area contributed by atoms with Gasteiger partial charge in [0.2, 0.25) is 0 Å². The van der Waals surface area contributed by atoms with Gasteiger partial charge in [0.1, 0.15) is 0 Å². The van der Waals surface area contributed by atoms with Crippen molar-refractivity contribution < 1.29 is 0 Å². The van der Waals surface area contributed by atoms with Crippen LogP contribution < -0.4 is 10.9 Å². The van der Waals surface area contributed by atoms with Crippen LogP contribution in [0.4, 0.5) is 0 Å². The zero-order valence-electron chi connectivity index (χ0n) is 11.3. The van der Waals surface area contributed by atoms with E-state index in [1.54, 1.807) is 5.19 Å². The Morgan fingerprint density at radius 3 is 1.94 bits per heavy atom. The van der Waals surface area contributed by atoms with Gasteiger partial charge in [0.05, 0.1) is 8.07 Å². The van der Waals surface area contributed by atoms with E-state index in [0.29, 0.717) is 5.92 Å². The van der Waals surface area contributed by atoms with Crippen molar-refractivity contribution in [1.82, 2.24) is 5.73 Å². The molecule has 2 heteroatoms. The smallest absolute Gasteiger partial charge is 0.0775 e. The molecule has 1 N–H and O–H groups in total. The van der Waals surface area contributed by atoms with E-state index in [2.05, 4.69) is 43.9 Å². The summed E-state index contributed by atoms with van der Waals surface area (Å²) in [5.74, 6) is 0.715. The van der Waals surface area contributed by atoms with Gasteiger partial charge in [0.25, 0.3) is 0 Å². The Hall–Kier alpha value is -0.603. The second kappa shape index (κ2) is 4.95. The molecule has 0 saturated heterocycles. The quantitative estimate of drug-likeness (QED) is 0.713.